The second-order valence-electron chi connectivity index (χ2n) is 4.54. The zero-order valence-corrected chi connectivity index (χ0v) is 12.6. The van der Waals surface area contributed by atoms with Gasteiger partial charge in [0, 0.05) is 31.5 Å². The van der Waals surface area contributed by atoms with E-state index < -0.39 is 5.97 Å². The van der Waals surface area contributed by atoms with Crippen molar-refractivity contribution in [1.29, 1.82) is 0 Å². The van der Waals surface area contributed by atoms with Gasteiger partial charge in [-0.3, -0.25) is 14.6 Å². The SMILES string of the molecule is Cc1nc(-c2ccncc2)sc1C(=O)N(C)CCC(=O)O. The zero-order valence-electron chi connectivity index (χ0n) is 11.7. The second kappa shape index (κ2) is 6.45. The maximum Gasteiger partial charge on any atom is 0.305 e. The predicted molar refractivity (Wildman–Crippen MR) is 79.3 cm³/mol. The minimum Gasteiger partial charge on any atom is -0.481 e. The fourth-order valence-electron chi connectivity index (χ4n) is 1.75. The Balaban J connectivity index is 2.19. The first-order chi connectivity index (χ1) is 9.99. The number of carbonyl (C=O) groups is 2. The van der Waals surface area contributed by atoms with Crippen LogP contribution in [0.1, 0.15) is 21.8 Å². The van der Waals surface area contributed by atoms with Crippen LogP contribution in [0.3, 0.4) is 0 Å². The van der Waals surface area contributed by atoms with Gasteiger partial charge in [0.05, 0.1) is 12.1 Å². The van der Waals surface area contributed by atoms with E-state index in [1.54, 1.807) is 26.4 Å². The largest absolute Gasteiger partial charge is 0.481 e. The highest BCUT2D eigenvalue weighted by Gasteiger charge is 2.19. The first kappa shape index (κ1) is 15.1. The molecule has 0 aliphatic rings. The van der Waals surface area contributed by atoms with Crippen molar-refractivity contribution in [2.24, 2.45) is 0 Å². The lowest BCUT2D eigenvalue weighted by Gasteiger charge is -2.14. The number of thiazole rings is 1. The van der Waals surface area contributed by atoms with E-state index in [2.05, 4.69) is 9.97 Å². The molecule has 2 aromatic rings. The molecule has 1 N–H and O–H groups in total. The smallest absolute Gasteiger partial charge is 0.305 e. The summed E-state index contributed by atoms with van der Waals surface area (Å²) in [5.41, 5.74) is 1.56. The summed E-state index contributed by atoms with van der Waals surface area (Å²) in [6.07, 6.45) is 3.27. The summed E-state index contributed by atoms with van der Waals surface area (Å²) in [7, 11) is 1.59. The van der Waals surface area contributed by atoms with E-state index in [0.717, 1.165) is 10.6 Å². The summed E-state index contributed by atoms with van der Waals surface area (Å²) >= 11 is 1.31. The number of rotatable bonds is 5. The summed E-state index contributed by atoms with van der Waals surface area (Å²) in [6.45, 7) is 1.95. The van der Waals surface area contributed by atoms with Crippen molar-refractivity contribution in [3.8, 4) is 10.6 Å². The molecule has 21 heavy (non-hydrogen) atoms. The fraction of sp³-hybridized carbons (Fsp3) is 0.286. The topological polar surface area (TPSA) is 83.4 Å². The number of amides is 1. The standard InChI is InChI=1S/C14H15N3O3S/c1-9-12(14(20)17(2)8-5-11(18)19)21-13(16-9)10-3-6-15-7-4-10/h3-4,6-7H,5,8H2,1-2H3,(H,18,19). The lowest BCUT2D eigenvalue weighted by Crippen LogP contribution is -2.28. The van der Waals surface area contributed by atoms with Crippen molar-refractivity contribution in [3.63, 3.8) is 0 Å². The number of aromatic nitrogens is 2. The van der Waals surface area contributed by atoms with Crippen LogP contribution in [0.5, 0.6) is 0 Å². The van der Waals surface area contributed by atoms with Gasteiger partial charge in [0.25, 0.3) is 5.91 Å². The Bertz CT molecular complexity index is 655. The second-order valence-corrected chi connectivity index (χ2v) is 5.54. The summed E-state index contributed by atoms with van der Waals surface area (Å²) in [4.78, 5) is 33.2. The first-order valence-corrected chi connectivity index (χ1v) is 7.15. The molecule has 7 heteroatoms. The van der Waals surface area contributed by atoms with E-state index in [1.165, 1.54) is 16.2 Å². The minimum atomic E-state index is -0.923. The molecule has 0 aromatic carbocycles. The van der Waals surface area contributed by atoms with Gasteiger partial charge in [0.15, 0.2) is 0 Å². The Morgan fingerprint density at radius 1 is 1.33 bits per heavy atom. The quantitative estimate of drug-likeness (QED) is 0.914. The van der Waals surface area contributed by atoms with Gasteiger partial charge in [-0.25, -0.2) is 4.98 Å². The molecule has 0 fully saturated rings. The van der Waals surface area contributed by atoms with Crippen molar-refractivity contribution in [2.45, 2.75) is 13.3 Å². The Hall–Kier alpha value is -2.28. The van der Waals surface area contributed by atoms with Crippen LogP contribution in [-0.4, -0.2) is 45.4 Å². The van der Waals surface area contributed by atoms with E-state index in [9.17, 15) is 9.59 Å². The van der Waals surface area contributed by atoms with Gasteiger partial charge in [-0.1, -0.05) is 0 Å². The molecule has 2 rings (SSSR count). The van der Waals surface area contributed by atoms with Gasteiger partial charge in [0.1, 0.15) is 9.88 Å². The van der Waals surface area contributed by atoms with Crippen LogP contribution in [-0.2, 0) is 4.79 Å². The van der Waals surface area contributed by atoms with Gasteiger partial charge >= 0.3 is 5.97 Å². The maximum absolute atomic E-state index is 12.3. The molecule has 0 bridgehead atoms. The van der Waals surface area contributed by atoms with Gasteiger partial charge in [-0.2, -0.15) is 0 Å². The van der Waals surface area contributed by atoms with Crippen molar-refractivity contribution in [2.75, 3.05) is 13.6 Å². The molecule has 1 amide bonds. The Morgan fingerprint density at radius 3 is 2.62 bits per heavy atom. The molecule has 0 saturated heterocycles. The minimum absolute atomic E-state index is 0.0721. The van der Waals surface area contributed by atoms with Crippen LogP contribution in [0.2, 0.25) is 0 Å². The molecular formula is C14H15N3O3S. The highest BCUT2D eigenvalue weighted by Crippen LogP contribution is 2.28. The van der Waals surface area contributed by atoms with Gasteiger partial charge in [-0.15, -0.1) is 11.3 Å². The zero-order chi connectivity index (χ0) is 15.4. The van der Waals surface area contributed by atoms with Crippen LogP contribution in [0.15, 0.2) is 24.5 Å². The summed E-state index contributed by atoms with van der Waals surface area (Å²) in [5.74, 6) is -1.13. The van der Waals surface area contributed by atoms with Crippen LogP contribution >= 0.6 is 11.3 Å². The summed E-state index contributed by atoms with van der Waals surface area (Å²) in [5, 5.41) is 9.42. The van der Waals surface area contributed by atoms with E-state index in [1.807, 2.05) is 12.1 Å². The third kappa shape index (κ3) is 3.63. The first-order valence-electron chi connectivity index (χ1n) is 6.34. The van der Waals surface area contributed by atoms with Crippen LogP contribution in [0.4, 0.5) is 0 Å². The average molecular weight is 305 g/mol. The van der Waals surface area contributed by atoms with Crippen LogP contribution in [0, 0.1) is 6.92 Å². The molecule has 0 unspecified atom stereocenters. The number of carboxylic acid groups (broad SMARTS) is 1. The van der Waals surface area contributed by atoms with Gasteiger partial charge in [-0.05, 0) is 19.1 Å². The molecule has 0 spiro atoms. The van der Waals surface area contributed by atoms with Crippen molar-refractivity contribution >= 4 is 23.2 Å². The lowest BCUT2D eigenvalue weighted by molar-refractivity contribution is -0.137. The molecule has 0 radical (unpaired) electrons. The number of pyridine rings is 1. The van der Waals surface area contributed by atoms with Crippen molar-refractivity contribution < 1.29 is 14.7 Å². The molecule has 2 aromatic heterocycles. The van der Waals surface area contributed by atoms with Crippen LogP contribution in [0.25, 0.3) is 10.6 Å². The molecule has 0 atom stereocenters. The Kier molecular flexibility index (Phi) is 4.64. The average Bonchev–Trinajstić information content (AvgIpc) is 2.86. The third-order valence-electron chi connectivity index (χ3n) is 2.93. The normalized spacial score (nSPS) is 10.4. The number of carbonyl (C=O) groups excluding carboxylic acids is 1. The van der Waals surface area contributed by atoms with Gasteiger partial charge < -0.3 is 10.0 Å². The lowest BCUT2D eigenvalue weighted by atomic mass is 10.3. The number of hydrogen-bond acceptors (Lipinski definition) is 5. The summed E-state index contributed by atoms with van der Waals surface area (Å²) in [6, 6.07) is 3.67. The van der Waals surface area contributed by atoms with Crippen molar-refractivity contribution in [3.05, 3.63) is 35.1 Å². The highest BCUT2D eigenvalue weighted by atomic mass is 32.1. The number of nitrogens with zero attached hydrogens (tertiary/aromatic N) is 3. The number of carboxylic acids is 1. The van der Waals surface area contributed by atoms with E-state index in [4.69, 9.17) is 5.11 Å². The predicted octanol–water partition coefficient (Wildman–Crippen LogP) is 2.06. The van der Waals surface area contributed by atoms with E-state index >= 15 is 0 Å². The maximum atomic E-state index is 12.3. The molecule has 0 saturated carbocycles. The summed E-state index contributed by atoms with van der Waals surface area (Å²) < 4.78 is 0. The number of hydrogen-bond donors (Lipinski definition) is 1. The number of aliphatic carboxylic acids is 1. The molecular weight excluding hydrogens is 290 g/mol. The Labute approximate surface area is 126 Å². The highest BCUT2D eigenvalue weighted by molar-refractivity contribution is 7.17. The third-order valence-corrected chi connectivity index (χ3v) is 4.12. The molecule has 0 aliphatic heterocycles. The van der Waals surface area contributed by atoms with Crippen molar-refractivity contribution in [1.82, 2.24) is 14.9 Å². The molecule has 6 nitrogen and oxygen atoms in total. The molecule has 0 aliphatic carbocycles. The fourth-order valence-corrected chi connectivity index (χ4v) is 2.82. The molecule has 110 valence electrons. The monoisotopic (exact) mass is 305 g/mol. The van der Waals surface area contributed by atoms with Gasteiger partial charge in [0.2, 0.25) is 0 Å². The Morgan fingerprint density at radius 2 is 2.00 bits per heavy atom. The molecule has 2 heterocycles. The van der Waals surface area contributed by atoms with E-state index in [-0.39, 0.29) is 18.9 Å². The van der Waals surface area contributed by atoms with E-state index in [0.29, 0.717) is 10.6 Å². The van der Waals surface area contributed by atoms with Crippen LogP contribution < -0.4 is 0 Å². The number of aryl methyl sites for hydroxylation is 1.